The van der Waals surface area contributed by atoms with Crippen LogP contribution in [0.2, 0.25) is 5.02 Å². The van der Waals surface area contributed by atoms with Crippen molar-refractivity contribution in [1.29, 1.82) is 0 Å². The molecule has 10 heteroatoms. The first-order chi connectivity index (χ1) is 26.9. The first-order valence-corrected chi connectivity index (χ1v) is 22.3. The maximum absolute atomic E-state index is 14.6. The van der Waals surface area contributed by atoms with E-state index in [0.29, 0.717) is 29.8 Å². The van der Waals surface area contributed by atoms with Crippen molar-refractivity contribution < 1.29 is 24.2 Å². The summed E-state index contributed by atoms with van der Waals surface area (Å²) in [5, 5.41) is 10.3. The molecule has 0 amide bonds. The summed E-state index contributed by atoms with van der Waals surface area (Å²) in [5.74, 6) is -0.0926. The van der Waals surface area contributed by atoms with Crippen LogP contribution in [-0.2, 0) is 31.1 Å². The fraction of sp³-hybridized carbons (Fsp3) is 0.708. The molecular formula is C48H68ClN3O6. The zero-order valence-electron chi connectivity index (χ0n) is 37.0. The van der Waals surface area contributed by atoms with Crippen LogP contribution in [0.5, 0.6) is 0 Å². The van der Waals surface area contributed by atoms with Gasteiger partial charge in [-0.3, -0.25) is 23.9 Å². The van der Waals surface area contributed by atoms with Gasteiger partial charge in [0.25, 0.3) is 5.56 Å². The number of carbonyl (C=O) groups excluding carboxylic acids is 2. The number of likely N-dealkylation sites (N-methyl/N-ethyl adjacent to an activating group) is 1. The quantitative estimate of drug-likeness (QED) is 0.238. The van der Waals surface area contributed by atoms with E-state index in [0.717, 1.165) is 74.9 Å². The molecule has 4 saturated carbocycles. The molecule has 4 fully saturated rings. The Labute approximate surface area is 350 Å². The molecule has 0 aliphatic heterocycles. The molecule has 2 aromatic rings. The Kier molecular flexibility index (Phi) is 10.7. The van der Waals surface area contributed by atoms with Gasteiger partial charge in [0.1, 0.15) is 6.10 Å². The minimum atomic E-state index is -1.18. The summed E-state index contributed by atoms with van der Waals surface area (Å²) >= 11 is 6.31. The predicted octanol–water partition coefficient (Wildman–Crippen LogP) is 9.50. The first-order valence-electron chi connectivity index (χ1n) is 21.9. The topological polar surface area (TPSA) is 111 Å². The highest BCUT2D eigenvalue weighted by atomic mass is 35.5. The smallest absolute Gasteiger partial charge is 0.309 e. The number of fused-ring (bicyclic) bond motifs is 7. The molecule has 0 radical (unpaired) electrons. The highest BCUT2D eigenvalue weighted by Crippen LogP contribution is 2.77. The molecule has 1 aromatic heterocycles. The molecule has 1 aromatic carbocycles. The largest absolute Gasteiger partial charge is 0.481 e. The van der Waals surface area contributed by atoms with Crippen molar-refractivity contribution in [3.8, 4) is 5.69 Å². The zero-order chi connectivity index (χ0) is 42.5. The van der Waals surface area contributed by atoms with Crippen LogP contribution in [-0.4, -0.2) is 63.8 Å². The molecule has 58 heavy (non-hydrogen) atoms. The van der Waals surface area contributed by atoms with E-state index in [4.69, 9.17) is 16.3 Å². The summed E-state index contributed by atoms with van der Waals surface area (Å²) in [4.78, 5) is 56.0. The van der Waals surface area contributed by atoms with Crippen molar-refractivity contribution in [3.05, 3.63) is 62.5 Å². The number of aliphatic carboxylic acids is 1. The van der Waals surface area contributed by atoms with Gasteiger partial charge in [-0.2, -0.15) is 0 Å². The molecule has 8 atom stereocenters. The molecule has 9 nitrogen and oxygen atoms in total. The molecule has 1 N–H and O–H groups in total. The highest BCUT2D eigenvalue weighted by Gasteiger charge is 2.70. The van der Waals surface area contributed by atoms with Gasteiger partial charge in [0.05, 0.1) is 29.8 Å². The lowest BCUT2D eigenvalue weighted by Crippen LogP contribution is -2.66. The van der Waals surface area contributed by atoms with Crippen LogP contribution in [0, 0.1) is 50.7 Å². The highest BCUT2D eigenvalue weighted by molar-refractivity contribution is 6.30. The minimum Gasteiger partial charge on any atom is -0.481 e. The lowest BCUT2D eigenvalue weighted by atomic mass is 9.33. The average molecular weight is 819 g/mol. The molecule has 0 bridgehead atoms. The van der Waals surface area contributed by atoms with Crippen LogP contribution in [0.15, 0.2) is 46.3 Å². The van der Waals surface area contributed by atoms with Gasteiger partial charge in [-0.15, -0.1) is 0 Å². The average Bonchev–Trinajstić information content (AvgIpc) is 3.62. The first kappa shape index (κ1) is 42.9. The summed E-state index contributed by atoms with van der Waals surface area (Å²) in [6.07, 6.45) is 7.68. The maximum atomic E-state index is 14.6. The number of carboxylic acids is 1. The molecule has 2 unspecified atom stereocenters. The van der Waals surface area contributed by atoms with Crippen molar-refractivity contribution in [3.63, 3.8) is 0 Å². The van der Waals surface area contributed by atoms with Crippen molar-refractivity contribution in [1.82, 2.24) is 14.3 Å². The third-order valence-corrected chi connectivity index (χ3v) is 17.4. The SMILES string of the molecule is CC(C)C1=C2C3CC[C@@H]4C5(C)CC[C@H](OC(=O)CC(C)(C)C(=O)O)C(C)(C)[C@@H]5CC[C@@]4(C)[C@]3(C)CC[C@@]2(c2cc(=O)n(-c3ccc(Cl)cc3)n2CCN(C)C)CC1=O. The Morgan fingerprint density at radius 3 is 2.22 bits per heavy atom. The molecule has 318 valence electrons. The molecule has 0 saturated heterocycles. The maximum Gasteiger partial charge on any atom is 0.309 e. The second-order valence-corrected chi connectivity index (χ2v) is 22.0. The van der Waals surface area contributed by atoms with E-state index in [1.807, 2.05) is 30.3 Å². The van der Waals surface area contributed by atoms with E-state index in [9.17, 15) is 24.3 Å². The molecule has 5 aliphatic carbocycles. The van der Waals surface area contributed by atoms with Gasteiger partial charge >= 0.3 is 11.9 Å². The van der Waals surface area contributed by atoms with Gasteiger partial charge in [-0.1, -0.05) is 60.1 Å². The molecular weight excluding hydrogens is 750 g/mol. The summed E-state index contributed by atoms with van der Waals surface area (Å²) < 4.78 is 10.2. The van der Waals surface area contributed by atoms with E-state index < -0.39 is 22.8 Å². The summed E-state index contributed by atoms with van der Waals surface area (Å²) in [6, 6.07) is 9.32. The van der Waals surface area contributed by atoms with Gasteiger partial charge in [-0.25, -0.2) is 4.68 Å². The minimum absolute atomic E-state index is 0.0129. The number of carboxylic acid groups (broad SMARTS) is 1. The van der Waals surface area contributed by atoms with E-state index in [-0.39, 0.29) is 57.4 Å². The number of allylic oxidation sites excluding steroid dienone is 2. The third-order valence-electron chi connectivity index (χ3n) is 17.1. The Morgan fingerprint density at radius 1 is 0.931 bits per heavy atom. The Morgan fingerprint density at radius 2 is 1.60 bits per heavy atom. The Hall–Kier alpha value is -3.17. The second kappa shape index (κ2) is 14.5. The van der Waals surface area contributed by atoms with Gasteiger partial charge in [0.2, 0.25) is 0 Å². The van der Waals surface area contributed by atoms with E-state index in [1.165, 1.54) is 5.57 Å². The lowest BCUT2D eigenvalue weighted by Gasteiger charge is -2.72. The van der Waals surface area contributed by atoms with Crippen molar-refractivity contribution >= 4 is 29.3 Å². The van der Waals surface area contributed by atoms with Crippen LogP contribution >= 0.6 is 11.6 Å². The van der Waals surface area contributed by atoms with Crippen LogP contribution in [0.1, 0.15) is 132 Å². The number of halogens is 1. The lowest BCUT2D eigenvalue weighted by molar-refractivity contribution is -0.232. The molecule has 1 heterocycles. The van der Waals surface area contributed by atoms with E-state index in [1.54, 1.807) is 18.5 Å². The Balaban J connectivity index is 1.27. The van der Waals surface area contributed by atoms with Gasteiger partial charge in [0.15, 0.2) is 5.78 Å². The molecule has 5 aliphatic rings. The van der Waals surface area contributed by atoms with Crippen molar-refractivity contribution in [2.24, 2.45) is 50.7 Å². The normalized spacial score (nSPS) is 34.4. The zero-order valence-corrected chi connectivity index (χ0v) is 37.7. The number of aromatic nitrogens is 2. The van der Waals surface area contributed by atoms with Crippen LogP contribution < -0.4 is 5.56 Å². The summed E-state index contributed by atoms with van der Waals surface area (Å²) in [5.41, 5.74) is 1.97. The van der Waals surface area contributed by atoms with E-state index >= 15 is 0 Å². The number of nitrogens with zero attached hydrogens (tertiary/aromatic N) is 3. The van der Waals surface area contributed by atoms with Crippen molar-refractivity contribution in [2.75, 3.05) is 20.6 Å². The number of hydrogen-bond donors (Lipinski definition) is 1. The second-order valence-electron chi connectivity index (χ2n) is 21.6. The van der Waals surface area contributed by atoms with Gasteiger partial charge < -0.3 is 14.7 Å². The standard InChI is InChI=1S/C48H68ClN3O6/c1-29(2)40-33(53)27-48(36-26-38(54)52(51(36)25-24-50(10)11)31-14-12-30(49)13-15-31)23-22-46(8)32(41(40)48)16-17-35-45(7)20-19-37(58-39(55)28-43(3,4)42(56)57)44(5,6)34(45)18-21-47(35,46)9/h12-15,26,29,32,34-35,37H,16-25,27-28H2,1-11H3,(H,56,57)/t32?,34-,35+,37-,45?,46+,47+,48-/m0/s1. The fourth-order valence-corrected chi connectivity index (χ4v) is 14.1. The predicted molar refractivity (Wildman–Crippen MR) is 228 cm³/mol. The van der Waals surface area contributed by atoms with Gasteiger partial charge in [-0.05, 0) is 155 Å². The summed E-state index contributed by atoms with van der Waals surface area (Å²) in [7, 11) is 4.11. The van der Waals surface area contributed by atoms with Crippen LogP contribution in [0.3, 0.4) is 0 Å². The summed E-state index contributed by atoms with van der Waals surface area (Å²) in [6.45, 7) is 21.1. The van der Waals surface area contributed by atoms with E-state index in [2.05, 4.69) is 72.1 Å². The number of ketones is 1. The molecule has 0 spiro atoms. The number of hydrogen-bond acceptors (Lipinski definition) is 6. The number of carbonyl (C=O) groups is 3. The number of Topliss-reactive ketones (excluding diaryl/α,β-unsaturated/α-hetero) is 1. The fourth-order valence-electron chi connectivity index (χ4n) is 14.0. The number of esters is 1. The third kappa shape index (κ3) is 6.41. The number of benzene rings is 1. The number of rotatable bonds is 10. The van der Waals surface area contributed by atoms with Crippen LogP contribution in [0.25, 0.3) is 5.69 Å². The van der Waals surface area contributed by atoms with Crippen molar-refractivity contribution in [2.45, 2.75) is 145 Å². The van der Waals surface area contributed by atoms with Gasteiger partial charge in [0, 0.05) is 34.9 Å². The Bertz CT molecular complexity index is 2080. The number of ether oxygens (including phenoxy) is 1. The monoisotopic (exact) mass is 817 g/mol. The molecule has 7 rings (SSSR count). The van der Waals surface area contributed by atoms with Crippen LogP contribution in [0.4, 0.5) is 0 Å².